The van der Waals surface area contributed by atoms with Gasteiger partial charge in [-0.25, -0.2) is 0 Å². The lowest BCUT2D eigenvalue weighted by molar-refractivity contribution is 0.147. The van der Waals surface area contributed by atoms with E-state index in [-0.39, 0.29) is 5.92 Å². The Morgan fingerprint density at radius 1 is 1.05 bits per heavy atom. The molecule has 0 aliphatic rings. The van der Waals surface area contributed by atoms with Crippen LogP contribution in [-0.2, 0) is 0 Å². The summed E-state index contributed by atoms with van der Waals surface area (Å²) in [4.78, 5) is 0. The molecule has 2 unspecified atom stereocenters. The summed E-state index contributed by atoms with van der Waals surface area (Å²) in [5.74, 6) is -0.216. The maximum atomic E-state index is 10.6. The SMILES string of the molecule is Cc1ccccc1C(CN)C(O)c1cccc(Cl)c1Cl. The van der Waals surface area contributed by atoms with Crippen LogP contribution >= 0.6 is 23.2 Å². The molecule has 0 spiro atoms. The highest BCUT2D eigenvalue weighted by Gasteiger charge is 2.25. The number of aliphatic hydroxyl groups excluding tert-OH is 1. The van der Waals surface area contributed by atoms with Crippen LogP contribution in [0, 0.1) is 6.92 Å². The van der Waals surface area contributed by atoms with Crippen LogP contribution in [0.1, 0.15) is 28.7 Å². The van der Waals surface area contributed by atoms with Crippen molar-refractivity contribution in [1.29, 1.82) is 0 Å². The molecule has 0 aliphatic heterocycles. The van der Waals surface area contributed by atoms with E-state index in [1.54, 1.807) is 18.2 Å². The van der Waals surface area contributed by atoms with Gasteiger partial charge in [-0.3, -0.25) is 0 Å². The minimum Gasteiger partial charge on any atom is -0.388 e. The van der Waals surface area contributed by atoms with Crippen LogP contribution in [0.25, 0.3) is 0 Å². The van der Waals surface area contributed by atoms with Crippen molar-refractivity contribution in [3.8, 4) is 0 Å². The topological polar surface area (TPSA) is 46.2 Å². The van der Waals surface area contributed by atoms with E-state index in [4.69, 9.17) is 28.9 Å². The summed E-state index contributed by atoms with van der Waals surface area (Å²) < 4.78 is 0. The Kier molecular flexibility index (Phi) is 5.06. The molecule has 0 aliphatic carbocycles. The van der Waals surface area contributed by atoms with Crippen LogP contribution in [0.5, 0.6) is 0 Å². The summed E-state index contributed by atoms with van der Waals surface area (Å²) in [5, 5.41) is 11.5. The minimum absolute atomic E-state index is 0.216. The van der Waals surface area contributed by atoms with E-state index in [1.807, 2.05) is 31.2 Å². The Labute approximate surface area is 129 Å². The molecule has 2 aromatic carbocycles. The fraction of sp³-hybridized carbons (Fsp3) is 0.250. The van der Waals surface area contributed by atoms with Gasteiger partial charge in [0.15, 0.2) is 0 Å². The summed E-state index contributed by atoms with van der Waals surface area (Å²) in [6, 6.07) is 13.1. The van der Waals surface area contributed by atoms with Gasteiger partial charge in [0.25, 0.3) is 0 Å². The summed E-state index contributed by atoms with van der Waals surface area (Å²) in [7, 11) is 0. The highest BCUT2D eigenvalue weighted by atomic mass is 35.5. The number of aliphatic hydroxyl groups is 1. The summed E-state index contributed by atoms with van der Waals surface area (Å²) >= 11 is 12.2. The molecule has 0 aromatic heterocycles. The lowest BCUT2D eigenvalue weighted by atomic mass is 9.87. The maximum absolute atomic E-state index is 10.6. The molecule has 20 heavy (non-hydrogen) atoms. The van der Waals surface area contributed by atoms with E-state index in [2.05, 4.69) is 0 Å². The van der Waals surface area contributed by atoms with Crippen LogP contribution in [0.3, 0.4) is 0 Å². The first-order chi connectivity index (χ1) is 9.56. The quantitative estimate of drug-likeness (QED) is 0.894. The zero-order chi connectivity index (χ0) is 14.7. The number of hydrogen-bond acceptors (Lipinski definition) is 2. The number of aryl methyl sites for hydroxylation is 1. The molecule has 0 amide bonds. The smallest absolute Gasteiger partial charge is 0.0885 e. The van der Waals surface area contributed by atoms with Crippen LogP contribution in [0.15, 0.2) is 42.5 Å². The average molecular weight is 310 g/mol. The second kappa shape index (κ2) is 6.59. The van der Waals surface area contributed by atoms with Crippen molar-refractivity contribution in [1.82, 2.24) is 0 Å². The fourth-order valence-corrected chi connectivity index (χ4v) is 2.81. The van der Waals surface area contributed by atoms with Crippen LogP contribution in [0.2, 0.25) is 10.0 Å². The zero-order valence-corrected chi connectivity index (χ0v) is 12.7. The average Bonchev–Trinajstić information content (AvgIpc) is 2.44. The molecule has 0 radical (unpaired) electrons. The van der Waals surface area contributed by atoms with Gasteiger partial charge < -0.3 is 10.8 Å². The second-order valence-electron chi connectivity index (χ2n) is 4.79. The van der Waals surface area contributed by atoms with Crippen LogP contribution in [0.4, 0.5) is 0 Å². The Morgan fingerprint density at radius 3 is 2.35 bits per heavy atom. The number of nitrogens with two attached hydrogens (primary N) is 1. The third-order valence-electron chi connectivity index (χ3n) is 3.52. The van der Waals surface area contributed by atoms with E-state index in [9.17, 15) is 5.11 Å². The number of rotatable bonds is 4. The van der Waals surface area contributed by atoms with Gasteiger partial charge in [-0.15, -0.1) is 0 Å². The molecule has 2 aromatic rings. The highest BCUT2D eigenvalue weighted by Crippen LogP contribution is 2.37. The molecule has 2 nitrogen and oxygen atoms in total. The molecule has 2 atom stereocenters. The van der Waals surface area contributed by atoms with Crippen molar-refractivity contribution in [2.75, 3.05) is 6.54 Å². The Bertz CT molecular complexity index is 601. The third-order valence-corrected chi connectivity index (χ3v) is 4.36. The zero-order valence-electron chi connectivity index (χ0n) is 11.2. The van der Waals surface area contributed by atoms with Crippen LogP contribution < -0.4 is 5.73 Å². The minimum atomic E-state index is -0.785. The summed E-state index contributed by atoms with van der Waals surface area (Å²) in [6.45, 7) is 2.33. The largest absolute Gasteiger partial charge is 0.388 e. The molecule has 0 fully saturated rings. The fourth-order valence-electron chi connectivity index (χ4n) is 2.39. The van der Waals surface area contributed by atoms with E-state index in [1.165, 1.54) is 0 Å². The monoisotopic (exact) mass is 309 g/mol. The first kappa shape index (κ1) is 15.3. The van der Waals surface area contributed by atoms with E-state index in [0.717, 1.165) is 11.1 Å². The molecule has 4 heteroatoms. The number of hydrogen-bond donors (Lipinski definition) is 2. The first-order valence-corrected chi connectivity index (χ1v) is 7.19. The Balaban J connectivity index is 2.42. The van der Waals surface area contributed by atoms with Crippen molar-refractivity contribution >= 4 is 23.2 Å². The van der Waals surface area contributed by atoms with Gasteiger partial charge in [-0.1, -0.05) is 59.6 Å². The van der Waals surface area contributed by atoms with Gasteiger partial charge in [0.05, 0.1) is 16.1 Å². The van der Waals surface area contributed by atoms with Gasteiger partial charge >= 0.3 is 0 Å². The molecule has 2 rings (SSSR count). The predicted octanol–water partition coefficient (Wildman–Crippen LogP) is 4.08. The molecule has 0 heterocycles. The molecule has 3 N–H and O–H groups in total. The van der Waals surface area contributed by atoms with E-state index < -0.39 is 6.10 Å². The highest BCUT2D eigenvalue weighted by molar-refractivity contribution is 6.42. The lowest BCUT2D eigenvalue weighted by Gasteiger charge is -2.24. The molecule has 0 saturated heterocycles. The first-order valence-electron chi connectivity index (χ1n) is 6.43. The Hall–Kier alpha value is -1.06. The van der Waals surface area contributed by atoms with Gasteiger partial charge in [0, 0.05) is 18.0 Å². The molecule has 0 bridgehead atoms. The standard InChI is InChI=1S/C16H17Cl2NO/c1-10-5-2-3-6-11(10)13(9-19)16(20)12-7-4-8-14(17)15(12)18/h2-8,13,16,20H,9,19H2,1H3. The normalized spacial score (nSPS) is 14.1. The molecular weight excluding hydrogens is 293 g/mol. The van der Waals surface area contributed by atoms with Gasteiger partial charge in [0.2, 0.25) is 0 Å². The van der Waals surface area contributed by atoms with Gasteiger partial charge in [-0.05, 0) is 24.1 Å². The number of halogens is 2. The van der Waals surface area contributed by atoms with Crippen molar-refractivity contribution in [3.05, 3.63) is 69.2 Å². The summed E-state index contributed by atoms with van der Waals surface area (Å²) in [5.41, 5.74) is 8.60. The maximum Gasteiger partial charge on any atom is 0.0885 e. The van der Waals surface area contributed by atoms with Crippen molar-refractivity contribution in [2.45, 2.75) is 18.9 Å². The van der Waals surface area contributed by atoms with Gasteiger partial charge in [0.1, 0.15) is 0 Å². The third kappa shape index (κ3) is 2.99. The summed E-state index contributed by atoms with van der Waals surface area (Å²) in [6.07, 6.45) is -0.785. The predicted molar refractivity (Wildman–Crippen MR) is 84.4 cm³/mol. The van der Waals surface area contributed by atoms with Crippen molar-refractivity contribution < 1.29 is 5.11 Å². The van der Waals surface area contributed by atoms with Crippen LogP contribution in [-0.4, -0.2) is 11.7 Å². The van der Waals surface area contributed by atoms with Crippen molar-refractivity contribution in [2.24, 2.45) is 5.73 Å². The second-order valence-corrected chi connectivity index (χ2v) is 5.57. The van der Waals surface area contributed by atoms with Crippen molar-refractivity contribution in [3.63, 3.8) is 0 Å². The van der Waals surface area contributed by atoms with Gasteiger partial charge in [-0.2, -0.15) is 0 Å². The van der Waals surface area contributed by atoms with E-state index >= 15 is 0 Å². The lowest BCUT2D eigenvalue weighted by Crippen LogP contribution is -2.21. The molecule has 106 valence electrons. The molecular formula is C16H17Cl2NO. The van der Waals surface area contributed by atoms with E-state index in [0.29, 0.717) is 22.2 Å². The Morgan fingerprint density at radius 2 is 1.70 bits per heavy atom. The molecule has 0 saturated carbocycles. The number of benzene rings is 2.